The standard InChI is InChI=1S/C14H21ClN2O3/c1-3-20-9-8-17-14(18)6-7-16-12-10-11(15)4-5-13(12)19-2/h4-5,10,16H,3,6-9H2,1-2H3,(H,17,18). The number of carbonyl (C=O) groups excluding carboxylic acids is 1. The average Bonchev–Trinajstić information content (AvgIpc) is 2.44. The molecule has 1 rings (SSSR count). The van der Waals surface area contributed by atoms with Crippen molar-refractivity contribution in [2.45, 2.75) is 13.3 Å². The van der Waals surface area contributed by atoms with Gasteiger partial charge in [0.2, 0.25) is 5.91 Å². The number of hydrogen-bond donors (Lipinski definition) is 2. The second-order valence-corrected chi connectivity index (χ2v) is 4.50. The smallest absolute Gasteiger partial charge is 0.221 e. The maximum Gasteiger partial charge on any atom is 0.221 e. The Morgan fingerprint density at radius 3 is 2.85 bits per heavy atom. The van der Waals surface area contributed by atoms with Crippen LogP contribution in [-0.4, -0.2) is 39.3 Å². The van der Waals surface area contributed by atoms with Gasteiger partial charge in [-0.2, -0.15) is 0 Å². The molecule has 0 unspecified atom stereocenters. The molecule has 0 radical (unpaired) electrons. The van der Waals surface area contributed by atoms with E-state index in [-0.39, 0.29) is 5.91 Å². The van der Waals surface area contributed by atoms with E-state index in [1.807, 2.05) is 6.92 Å². The summed E-state index contributed by atoms with van der Waals surface area (Å²) in [6, 6.07) is 5.31. The first-order valence-electron chi connectivity index (χ1n) is 6.59. The summed E-state index contributed by atoms with van der Waals surface area (Å²) in [5.74, 6) is 0.685. The molecule has 1 amide bonds. The number of benzene rings is 1. The number of anilines is 1. The molecule has 0 spiro atoms. The van der Waals surface area contributed by atoms with E-state index in [1.165, 1.54) is 0 Å². The fourth-order valence-corrected chi connectivity index (χ4v) is 1.80. The van der Waals surface area contributed by atoms with Gasteiger partial charge < -0.3 is 20.1 Å². The molecule has 6 heteroatoms. The Balaban J connectivity index is 2.29. The Kier molecular flexibility index (Phi) is 7.84. The zero-order valence-electron chi connectivity index (χ0n) is 11.9. The van der Waals surface area contributed by atoms with Crippen molar-refractivity contribution in [2.24, 2.45) is 0 Å². The van der Waals surface area contributed by atoms with Gasteiger partial charge >= 0.3 is 0 Å². The molecule has 0 fully saturated rings. The topological polar surface area (TPSA) is 59.6 Å². The van der Waals surface area contributed by atoms with Crippen molar-refractivity contribution in [3.63, 3.8) is 0 Å². The average molecular weight is 301 g/mol. The molecule has 0 atom stereocenters. The summed E-state index contributed by atoms with van der Waals surface area (Å²) < 4.78 is 10.4. The fraction of sp³-hybridized carbons (Fsp3) is 0.500. The van der Waals surface area contributed by atoms with Crippen LogP contribution in [0.5, 0.6) is 5.75 Å². The lowest BCUT2D eigenvalue weighted by Crippen LogP contribution is -2.28. The number of nitrogens with one attached hydrogen (secondary N) is 2. The van der Waals surface area contributed by atoms with Gasteiger partial charge in [0.1, 0.15) is 5.75 Å². The SMILES string of the molecule is CCOCCNC(=O)CCNc1cc(Cl)ccc1OC. The van der Waals surface area contributed by atoms with Crippen molar-refractivity contribution >= 4 is 23.2 Å². The minimum Gasteiger partial charge on any atom is -0.495 e. The van der Waals surface area contributed by atoms with Gasteiger partial charge in [-0.3, -0.25) is 4.79 Å². The molecule has 0 aromatic heterocycles. The summed E-state index contributed by atoms with van der Waals surface area (Å²) >= 11 is 5.92. The second-order valence-electron chi connectivity index (χ2n) is 4.07. The van der Waals surface area contributed by atoms with Gasteiger partial charge in [-0.1, -0.05) is 11.6 Å². The molecule has 0 aliphatic heterocycles. The van der Waals surface area contributed by atoms with E-state index in [1.54, 1.807) is 25.3 Å². The maximum absolute atomic E-state index is 11.6. The molecular formula is C14H21ClN2O3. The van der Waals surface area contributed by atoms with Crippen molar-refractivity contribution in [3.8, 4) is 5.75 Å². The van der Waals surface area contributed by atoms with E-state index in [2.05, 4.69) is 10.6 Å². The molecule has 0 saturated heterocycles. The highest BCUT2D eigenvalue weighted by molar-refractivity contribution is 6.30. The monoisotopic (exact) mass is 300 g/mol. The van der Waals surface area contributed by atoms with Crippen LogP contribution in [0.15, 0.2) is 18.2 Å². The summed E-state index contributed by atoms with van der Waals surface area (Å²) in [5, 5.41) is 6.54. The van der Waals surface area contributed by atoms with Crippen LogP contribution in [0.25, 0.3) is 0 Å². The molecule has 0 aliphatic rings. The molecular weight excluding hydrogens is 280 g/mol. The van der Waals surface area contributed by atoms with Gasteiger partial charge in [0.15, 0.2) is 0 Å². The Morgan fingerprint density at radius 1 is 1.35 bits per heavy atom. The predicted octanol–water partition coefficient (Wildman–Crippen LogP) is 2.30. The third-order valence-corrected chi connectivity index (χ3v) is 2.84. The van der Waals surface area contributed by atoms with E-state index in [9.17, 15) is 4.79 Å². The number of halogens is 1. The van der Waals surface area contributed by atoms with Crippen LogP contribution in [0, 0.1) is 0 Å². The number of carbonyl (C=O) groups is 1. The fourth-order valence-electron chi connectivity index (χ4n) is 1.62. The molecule has 1 aromatic carbocycles. The second kappa shape index (κ2) is 9.44. The molecule has 0 bridgehead atoms. The van der Waals surface area contributed by atoms with E-state index in [4.69, 9.17) is 21.1 Å². The summed E-state index contributed by atoms with van der Waals surface area (Å²) in [6.07, 6.45) is 0.377. The quantitative estimate of drug-likeness (QED) is 0.687. The summed E-state index contributed by atoms with van der Waals surface area (Å²) in [4.78, 5) is 11.6. The zero-order chi connectivity index (χ0) is 14.8. The lowest BCUT2D eigenvalue weighted by Gasteiger charge is -2.11. The minimum atomic E-state index is -0.0156. The Morgan fingerprint density at radius 2 is 2.15 bits per heavy atom. The Hall–Kier alpha value is -1.46. The van der Waals surface area contributed by atoms with E-state index < -0.39 is 0 Å². The van der Waals surface area contributed by atoms with E-state index in [0.29, 0.717) is 43.5 Å². The number of methoxy groups -OCH3 is 1. The maximum atomic E-state index is 11.6. The highest BCUT2D eigenvalue weighted by Gasteiger charge is 2.05. The van der Waals surface area contributed by atoms with Crippen LogP contribution in [-0.2, 0) is 9.53 Å². The number of rotatable bonds is 9. The van der Waals surface area contributed by atoms with Crippen molar-refractivity contribution < 1.29 is 14.3 Å². The van der Waals surface area contributed by atoms with E-state index >= 15 is 0 Å². The molecule has 0 heterocycles. The first-order chi connectivity index (χ1) is 9.67. The minimum absolute atomic E-state index is 0.0156. The number of hydrogen-bond acceptors (Lipinski definition) is 4. The number of amides is 1. The Labute approximate surface area is 124 Å². The van der Waals surface area contributed by atoms with Crippen LogP contribution >= 0.6 is 11.6 Å². The van der Waals surface area contributed by atoms with Crippen LogP contribution in [0.3, 0.4) is 0 Å². The molecule has 1 aromatic rings. The zero-order valence-corrected chi connectivity index (χ0v) is 12.6. The van der Waals surface area contributed by atoms with Crippen LogP contribution in [0.2, 0.25) is 5.02 Å². The normalized spacial score (nSPS) is 10.2. The summed E-state index contributed by atoms with van der Waals surface area (Å²) in [5.41, 5.74) is 0.780. The first kappa shape index (κ1) is 16.6. The van der Waals surface area contributed by atoms with E-state index in [0.717, 1.165) is 5.69 Å². The van der Waals surface area contributed by atoms with Gasteiger partial charge in [-0.05, 0) is 25.1 Å². The molecule has 0 aliphatic carbocycles. The van der Waals surface area contributed by atoms with Crippen LogP contribution in [0.1, 0.15) is 13.3 Å². The molecule has 0 saturated carbocycles. The Bertz CT molecular complexity index is 427. The van der Waals surface area contributed by atoms with Gasteiger partial charge in [-0.15, -0.1) is 0 Å². The van der Waals surface area contributed by atoms with Crippen LogP contribution in [0.4, 0.5) is 5.69 Å². The largest absolute Gasteiger partial charge is 0.495 e. The van der Waals surface area contributed by atoms with Gasteiger partial charge in [0.05, 0.1) is 19.4 Å². The van der Waals surface area contributed by atoms with Crippen molar-refractivity contribution in [1.29, 1.82) is 0 Å². The van der Waals surface area contributed by atoms with Gasteiger partial charge in [-0.25, -0.2) is 0 Å². The van der Waals surface area contributed by atoms with Crippen molar-refractivity contribution in [2.75, 3.05) is 38.7 Å². The third kappa shape index (κ3) is 6.12. The lowest BCUT2D eigenvalue weighted by atomic mass is 10.2. The molecule has 5 nitrogen and oxygen atoms in total. The predicted molar refractivity (Wildman–Crippen MR) is 80.6 cm³/mol. The summed E-state index contributed by atoms with van der Waals surface area (Å²) in [7, 11) is 1.59. The highest BCUT2D eigenvalue weighted by Crippen LogP contribution is 2.27. The van der Waals surface area contributed by atoms with Crippen LogP contribution < -0.4 is 15.4 Å². The van der Waals surface area contributed by atoms with Gasteiger partial charge in [0.25, 0.3) is 0 Å². The summed E-state index contributed by atoms with van der Waals surface area (Å²) in [6.45, 7) is 4.16. The molecule has 112 valence electrons. The molecule has 2 N–H and O–H groups in total. The molecule has 20 heavy (non-hydrogen) atoms. The van der Waals surface area contributed by atoms with Crippen molar-refractivity contribution in [3.05, 3.63) is 23.2 Å². The van der Waals surface area contributed by atoms with Gasteiger partial charge in [0, 0.05) is 31.1 Å². The lowest BCUT2D eigenvalue weighted by molar-refractivity contribution is -0.121. The number of ether oxygens (including phenoxy) is 2. The first-order valence-corrected chi connectivity index (χ1v) is 6.97. The highest BCUT2D eigenvalue weighted by atomic mass is 35.5. The third-order valence-electron chi connectivity index (χ3n) is 2.60. The van der Waals surface area contributed by atoms with Crippen molar-refractivity contribution in [1.82, 2.24) is 5.32 Å².